The molecular formula is C16H21N3. The zero-order valence-electron chi connectivity index (χ0n) is 11.6. The molecule has 0 amide bonds. The minimum absolute atomic E-state index is 0.647. The van der Waals surface area contributed by atoms with Crippen LogP contribution in [0.5, 0.6) is 0 Å². The van der Waals surface area contributed by atoms with Crippen molar-refractivity contribution in [3.05, 3.63) is 53.3 Å². The number of benzene rings is 1. The van der Waals surface area contributed by atoms with Gasteiger partial charge in [0.05, 0.1) is 5.69 Å². The summed E-state index contributed by atoms with van der Waals surface area (Å²) in [5, 5.41) is 7.97. The molecule has 1 aromatic heterocycles. The molecule has 3 nitrogen and oxygen atoms in total. The van der Waals surface area contributed by atoms with E-state index in [-0.39, 0.29) is 0 Å². The highest BCUT2D eigenvalue weighted by Gasteiger charge is 2.29. The van der Waals surface area contributed by atoms with Gasteiger partial charge in [-0.2, -0.15) is 5.10 Å². The number of aromatic nitrogens is 2. The number of nitrogens with one attached hydrogen (secondary N) is 1. The lowest BCUT2D eigenvalue weighted by Gasteiger charge is -2.36. The highest BCUT2D eigenvalue weighted by molar-refractivity contribution is 5.26. The number of aryl methyl sites for hydroxylation is 2. The van der Waals surface area contributed by atoms with E-state index in [0.717, 1.165) is 18.2 Å². The van der Waals surface area contributed by atoms with Crippen molar-refractivity contribution in [3.63, 3.8) is 0 Å². The maximum atomic E-state index is 4.38. The molecular weight excluding hydrogens is 234 g/mol. The van der Waals surface area contributed by atoms with Crippen LogP contribution >= 0.6 is 0 Å². The standard InChI is InChI=1S/C16H21N3/c1-12-3-5-13(6-4-12)14-9-16(10-14)17-11-15-7-8-19(2)18-15/h3-8,14,16-17H,9-11H2,1-2H3. The first-order valence-corrected chi connectivity index (χ1v) is 6.99. The molecule has 0 unspecified atom stereocenters. The molecule has 1 saturated carbocycles. The highest BCUT2D eigenvalue weighted by atomic mass is 15.3. The summed E-state index contributed by atoms with van der Waals surface area (Å²) in [5.41, 5.74) is 3.95. The second-order valence-electron chi connectivity index (χ2n) is 5.64. The SMILES string of the molecule is Cc1ccc(C2CC(NCc3ccn(C)n3)C2)cc1. The van der Waals surface area contributed by atoms with Gasteiger partial charge in [-0.15, -0.1) is 0 Å². The van der Waals surface area contributed by atoms with Crippen LogP contribution in [0.1, 0.15) is 35.6 Å². The van der Waals surface area contributed by atoms with E-state index in [0.29, 0.717) is 6.04 Å². The first kappa shape index (κ1) is 12.4. The van der Waals surface area contributed by atoms with Crippen molar-refractivity contribution in [1.29, 1.82) is 0 Å². The summed E-state index contributed by atoms with van der Waals surface area (Å²) in [4.78, 5) is 0. The van der Waals surface area contributed by atoms with E-state index in [1.165, 1.54) is 24.0 Å². The molecule has 1 fully saturated rings. The van der Waals surface area contributed by atoms with E-state index in [2.05, 4.69) is 47.7 Å². The number of nitrogens with zero attached hydrogens (tertiary/aromatic N) is 2. The monoisotopic (exact) mass is 255 g/mol. The van der Waals surface area contributed by atoms with E-state index < -0.39 is 0 Å². The van der Waals surface area contributed by atoms with Crippen molar-refractivity contribution in [3.8, 4) is 0 Å². The Morgan fingerprint density at radius 3 is 2.58 bits per heavy atom. The van der Waals surface area contributed by atoms with Crippen molar-refractivity contribution < 1.29 is 0 Å². The van der Waals surface area contributed by atoms with Crippen LogP contribution in [0.2, 0.25) is 0 Å². The highest BCUT2D eigenvalue weighted by Crippen LogP contribution is 2.36. The first-order chi connectivity index (χ1) is 9.20. The predicted octanol–water partition coefficient (Wildman–Crippen LogP) is 2.76. The van der Waals surface area contributed by atoms with Crippen molar-refractivity contribution in [2.24, 2.45) is 7.05 Å². The second kappa shape index (κ2) is 5.17. The van der Waals surface area contributed by atoms with Gasteiger partial charge in [0.15, 0.2) is 0 Å². The van der Waals surface area contributed by atoms with E-state index in [1.54, 1.807) is 0 Å². The van der Waals surface area contributed by atoms with Crippen LogP contribution in [0.15, 0.2) is 36.5 Å². The quantitative estimate of drug-likeness (QED) is 0.910. The molecule has 2 aromatic rings. The lowest BCUT2D eigenvalue weighted by atomic mass is 9.76. The summed E-state index contributed by atoms with van der Waals surface area (Å²) in [7, 11) is 1.96. The molecule has 1 heterocycles. The van der Waals surface area contributed by atoms with Crippen molar-refractivity contribution in [1.82, 2.24) is 15.1 Å². The molecule has 0 bridgehead atoms. The molecule has 0 aliphatic heterocycles. The number of hydrogen-bond donors (Lipinski definition) is 1. The van der Waals surface area contributed by atoms with Crippen molar-refractivity contribution >= 4 is 0 Å². The van der Waals surface area contributed by atoms with Crippen LogP contribution in [-0.4, -0.2) is 15.8 Å². The number of rotatable bonds is 4. The Hall–Kier alpha value is -1.61. The molecule has 1 aliphatic carbocycles. The summed E-state index contributed by atoms with van der Waals surface area (Å²) in [6.07, 6.45) is 4.48. The van der Waals surface area contributed by atoms with Gasteiger partial charge in [-0.3, -0.25) is 4.68 Å². The molecule has 3 heteroatoms. The third-order valence-corrected chi connectivity index (χ3v) is 4.03. The van der Waals surface area contributed by atoms with E-state index in [4.69, 9.17) is 0 Å². The van der Waals surface area contributed by atoms with Crippen LogP contribution in [0.3, 0.4) is 0 Å². The fraction of sp³-hybridized carbons (Fsp3) is 0.438. The molecule has 0 spiro atoms. The lowest BCUT2D eigenvalue weighted by molar-refractivity contribution is 0.288. The average molecular weight is 255 g/mol. The minimum atomic E-state index is 0.647. The lowest BCUT2D eigenvalue weighted by Crippen LogP contribution is -2.39. The van der Waals surface area contributed by atoms with E-state index >= 15 is 0 Å². The van der Waals surface area contributed by atoms with Crippen molar-refractivity contribution in [2.75, 3.05) is 0 Å². The average Bonchev–Trinajstić information content (AvgIpc) is 2.75. The molecule has 19 heavy (non-hydrogen) atoms. The third-order valence-electron chi connectivity index (χ3n) is 4.03. The van der Waals surface area contributed by atoms with Crippen LogP contribution < -0.4 is 5.32 Å². The Kier molecular flexibility index (Phi) is 3.38. The molecule has 0 atom stereocenters. The minimum Gasteiger partial charge on any atom is -0.308 e. The summed E-state index contributed by atoms with van der Waals surface area (Å²) in [6.45, 7) is 3.02. The maximum Gasteiger partial charge on any atom is 0.0762 e. The van der Waals surface area contributed by atoms with Crippen molar-refractivity contribution in [2.45, 2.75) is 38.3 Å². The molecule has 1 aliphatic rings. The Bertz CT molecular complexity index is 535. The molecule has 1 N–H and O–H groups in total. The molecule has 1 aromatic carbocycles. The van der Waals surface area contributed by atoms with Gasteiger partial charge in [0.1, 0.15) is 0 Å². The van der Waals surface area contributed by atoms with Gasteiger partial charge in [-0.25, -0.2) is 0 Å². The summed E-state index contributed by atoms with van der Waals surface area (Å²) in [5.74, 6) is 0.738. The number of hydrogen-bond acceptors (Lipinski definition) is 2. The molecule has 0 saturated heterocycles. The van der Waals surface area contributed by atoms with Crippen LogP contribution in [0.4, 0.5) is 0 Å². The van der Waals surface area contributed by atoms with E-state index in [9.17, 15) is 0 Å². The van der Waals surface area contributed by atoms with Crippen LogP contribution in [0.25, 0.3) is 0 Å². The maximum absolute atomic E-state index is 4.38. The largest absolute Gasteiger partial charge is 0.308 e. The topological polar surface area (TPSA) is 29.9 Å². The predicted molar refractivity (Wildman–Crippen MR) is 77.0 cm³/mol. The zero-order chi connectivity index (χ0) is 13.2. The Morgan fingerprint density at radius 2 is 1.95 bits per heavy atom. The van der Waals surface area contributed by atoms with Crippen LogP contribution in [-0.2, 0) is 13.6 Å². The van der Waals surface area contributed by atoms with Gasteiger partial charge in [0.2, 0.25) is 0 Å². The Balaban J connectivity index is 1.46. The smallest absolute Gasteiger partial charge is 0.0762 e. The van der Waals surface area contributed by atoms with Gasteiger partial charge in [-0.1, -0.05) is 29.8 Å². The Morgan fingerprint density at radius 1 is 1.21 bits per heavy atom. The molecule has 0 radical (unpaired) electrons. The summed E-state index contributed by atoms with van der Waals surface area (Å²) in [6, 6.07) is 11.7. The summed E-state index contributed by atoms with van der Waals surface area (Å²) >= 11 is 0. The van der Waals surface area contributed by atoms with Gasteiger partial charge < -0.3 is 5.32 Å². The third kappa shape index (κ3) is 2.87. The van der Waals surface area contributed by atoms with Gasteiger partial charge in [-0.05, 0) is 37.3 Å². The fourth-order valence-electron chi connectivity index (χ4n) is 2.70. The van der Waals surface area contributed by atoms with Gasteiger partial charge in [0, 0.05) is 25.8 Å². The van der Waals surface area contributed by atoms with Crippen LogP contribution in [0, 0.1) is 6.92 Å². The van der Waals surface area contributed by atoms with Gasteiger partial charge >= 0.3 is 0 Å². The first-order valence-electron chi connectivity index (χ1n) is 6.99. The van der Waals surface area contributed by atoms with E-state index in [1.807, 2.05) is 17.9 Å². The zero-order valence-corrected chi connectivity index (χ0v) is 11.6. The molecule has 100 valence electrons. The van der Waals surface area contributed by atoms with Gasteiger partial charge in [0.25, 0.3) is 0 Å². The fourth-order valence-corrected chi connectivity index (χ4v) is 2.70. The molecule has 3 rings (SSSR count). The Labute approximate surface area is 114 Å². The normalized spacial score (nSPS) is 22.2. The summed E-state index contributed by atoms with van der Waals surface area (Å²) < 4.78 is 1.85. The second-order valence-corrected chi connectivity index (χ2v) is 5.64.